The molecule has 31 heavy (non-hydrogen) atoms. The number of hydrogen-bond acceptors (Lipinski definition) is 7. The first-order valence-corrected chi connectivity index (χ1v) is 10.8. The van der Waals surface area contributed by atoms with Gasteiger partial charge >= 0.3 is 0 Å². The third kappa shape index (κ3) is 4.09. The summed E-state index contributed by atoms with van der Waals surface area (Å²) in [5.41, 5.74) is 0.540. The number of benzene rings is 2. The number of piperazine rings is 1. The number of hydrogen-bond donors (Lipinski definition) is 2. The van der Waals surface area contributed by atoms with E-state index in [1.165, 1.54) is 43.3 Å². The number of ketones is 1. The molecule has 0 unspecified atom stereocenters. The predicted octanol–water partition coefficient (Wildman–Crippen LogP) is 0.991. The number of rotatable bonds is 5. The van der Waals surface area contributed by atoms with Crippen molar-refractivity contribution in [3.63, 3.8) is 0 Å². The number of amides is 2. The summed E-state index contributed by atoms with van der Waals surface area (Å²) in [5.74, 6) is -0.478. The van der Waals surface area contributed by atoms with E-state index in [4.69, 9.17) is 9.47 Å². The van der Waals surface area contributed by atoms with Crippen molar-refractivity contribution in [1.82, 2.24) is 9.62 Å². The molecule has 1 fully saturated rings. The lowest BCUT2D eigenvalue weighted by atomic mass is 10.1. The molecule has 0 aliphatic carbocycles. The Labute approximate surface area is 178 Å². The minimum Gasteiger partial charge on any atom is -0.454 e. The topological polar surface area (TPSA) is 131 Å². The van der Waals surface area contributed by atoms with Crippen LogP contribution < -0.4 is 20.1 Å². The first-order valence-electron chi connectivity index (χ1n) is 9.38. The fourth-order valence-corrected chi connectivity index (χ4v) is 4.74. The highest BCUT2D eigenvalue weighted by Crippen LogP contribution is 2.37. The number of nitrogens with one attached hydrogen (secondary N) is 2. The number of Topliss-reactive ketones (excluding diaryl/α,β-unsaturated/α-hetero) is 1. The van der Waals surface area contributed by atoms with Crippen LogP contribution in [0.2, 0.25) is 0 Å². The Bertz CT molecular complexity index is 1190. The van der Waals surface area contributed by atoms with E-state index in [1.807, 2.05) is 0 Å². The second kappa shape index (κ2) is 8.00. The van der Waals surface area contributed by atoms with Crippen molar-refractivity contribution in [3.8, 4) is 11.5 Å². The number of nitrogens with zero attached hydrogens (tertiary/aromatic N) is 1. The fourth-order valence-electron chi connectivity index (χ4n) is 3.30. The quantitative estimate of drug-likeness (QED) is 0.656. The lowest BCUT2D eigenvalue weighted by molar-refractivity contribution is -0.122. The zero-order valence-electron chi connectivity index (χ0n) is 16.5. The molecule has 2 aliphatic heterocycles. The molecule has 2 aromatic rings. The van der Waals surface area contributed by atoms with Crippen LogP contribution in [0, 0.1) is 0 Å². The van der Waals surface area contributed by atoms with Gasteiger partial charge in [0.2, 0.25) is 22.7 Å². The smallest absolute Gasteiger partial charge is 0.255 e. The summed E-state index contributed by atoms with van der Waals surface area (Å²) < 4.78 is 37.4. The first kappa shape index (κ1) is 20.8. The van der Waals surface area contributed by atoms with E-state index >= 15 is 0 Å². The van der Waals surface area contributed by atoms with E-state index < -0.39 is 15.9 Å². The average molecular weight is 445 g/mol. The summed E-state index contributed by atoms with van der Waals surface area (Å²) >= 11 is 0. The molecule has 162 valence electrons. The predicted molar refractivity (Wildman–Crippen MR) is 109 cm³/mol. The van der Waals surface area contributed by atoms with Crippen LogP contribution in [0.5, 0.6) is 11.5 Å². The normalized spacial score (nSPS) is 16.0. The standard InChI is InChI=1S/C20H19N3O7S/c1-12(24)15-8-17-18(30-11-29-17)9-16(15)22-20(26)13-3-2-4-14(7-13)31(27,28)23-6-5-21-19(25)10-23/h2-4,7-9H,5-6,10-11H2,1H3,(H,21,25)(H,22,26). The summed E-state index contributed by atoms with van der Waals surface area (Å²) in [4.78, 5) is 36.3. The van der Waals surface area contributed by atoms with Crippen molar-refractivity contribution in [2.75, 3.05) is 31.7 Å². The molecule has 2 amide bonds. The van der Waals surface area contributed by atoms with Gasteiger partial charge in [0.25, 0.3) is 5.91 Å². The van der Waals surface area contributed by atoms with Gasteiger partial charge in [0.15, 0.2) is 17.3 Å². The summed E-state index contributed by atoms with van der Waals surface area (Å²) in [6.45, 7) is 1.45. The van der Waals surface area contributed by atoms with Gasteiger partial charge in [-0.1, -0.05) is 6.07 Å². The van der Waals surface area contributed by atoms with Crippen LogP contribution in [-0.2, 0) is 14.8 Å². The Hall–Kier alpha value is -3.44. The maximum absolute atomic E-state index is 12.9. The third-order valence-corrected chi connectivity index (χ3v) is 6.72. The van der Waals surface area contributed by atoms with Gasteiger partial charge in [-0.3, -0.25) is 14.4 Å². The maximum Gasteiger partial charge on any atom is 0.255 e. The zero-order valence-corrected chi connectivity index (χ0v) is 17.3. The van der Waals surface area contributed by atoms with E-state index in [0.717, 1.165) is 4.31 Å². The number of fused-ring (bicyclic) bond motifs is 1. The summed E-state index contributed by atoms with van der Waals surface area (Å²) in [5, 5.41) is 5.20. The van der Waals surface area contributed by atoms with Crippen LogP contribution in [0.4, 0.5) is 5.69 Å². The molecule has 0 radical (unpaired) electrons. The molecule has 0 saturated carbocycles. The number of anilines is 1. The lowest BCUT2D eigenvalue weighted by Gasteiger charge is -2.26. The van der Waals surface area contributed by atoms with Crippen LogP contribution in [0.1, 0.15) is 27.6 Å². The molecule has 10 nitrogen and oxygen atoms in total. The number of carbonyl (C=O) groups excluding carboxylic acids is 3. The molecule has 0 aromatic heterocycles. The van der Waals surface area contributed by atoms with Gasteiger partial charge in [-0.2, -0.15) is 4.31 Å². The molecule has 1 saturated heterocycles. The minimum absolute atomic E-state index is 0.0124. The van der Waals surface area contributed by atoms with Crippen LogP contribution in [0.3, 0.4) is 0 Å². The Morgan fingerprint density at radius 1 is 1.13 bits per heavy atom. The van der Waals surface area contributed by atoms with Gasteiger partial charge in [0.1, 0.15) is 0 Å². The van der Waals surface area contributed by atoms with Crippen molar-refractivity contribution in [3.05, 3.63) is 47.5 Å². The van der Waals surface area contributed by atoms with Crippen molar-refractivity contribution in [2.24, 2.45) is 0 Å². The molecule has 4 rings (SSSR count). The zero-order chi connectivity index (χ0) is 22.2. The van der Waals surface area contributed by atoms with Gasteiger partial charge in [0.05, 0.1) is 17.1 Å². The molecule has 0 spiro atoms. The van der Waals surface area contributed by atoms with Gasteiger partial charge in [-0.15, -0.1) is 0 Å². The van der Waals surface area contributed by atoms with Gasteiger partial charge in [-0.05, 0) is 31.2 Å². The second-order valence-electron chi connectivity index (χ2n) is 6.98. The van der Waals surface area contributed by atoms with Crippen LogP contribution >= 0.6 is 0 Å². The van der Waals surface area contributed by atoms with Crippen LogP contribution in [0.15, 0.2) is 41.3 Å². The van der Waals surface area contributed by atoms with Gasteiger partial charge < -0.3 is 20.1 Å². The third-order valence-electron chi connectivity index (χ3n) is 4.88. The van der Waals surface area contributed by atoms with Crippen molar-refractivity contribution >= 4 is 33.3 Å². The Balaban J connectivity index is 1.61. The summed E-state index contributed by atoms with van der Waals surface area (Å²) in [6, 6.07) is 8.47. The Kier molecular flexibility index (Phi) is 5.38. The van der Waals surface area contributed by atoms with Gasteiger partial charge in [-0.25, -0.2) is 8.42 Å². The molecule has 0 atom stereocenters. The monoisotopic (exact) mass is 445 g/mol. The minimum atomic E-state index is -3.95. The highest BCUT2D eigenvalue weighted by atomic mass is 32.2. The SMILES string of the molecule is CC(=O)c1cc2c(cc1NC(=O)c1cccc(S(=O)(=O)N3CCNC(=O)C3)c1)OCO2. The van der Waals surface area contributed by atoms with Crippen molar-refractivity contribution in [2.45, 2.75) is 11.8 Å². The molecular formula is C20H19N3O7S. The summed E-state index contributed by atoms with van der Waals surface area (Å²) in [7, 11) is -3.95. The molecule has 0 bridgehead atoms. The van der Waals surface area contributed by atoms with E-state index in [9.17, 15) is 22.8 Å². The maximum atomic E-state index is 12.9. The molecule has 2 N–H and O–H groups in total. The van der Waals surface area contributed by atoms with E-state index in [0.29, 0.717) is 11.5 Å². The second-order valence-corrected chi connectivity index (χ2v) is 8.92. The Morgan fingerprint density at radius 3 is 2.58 bits per heavy atom. The largest absolute Gasteiger partial charge is 0.454 e. The number of carbonyl (C=O) groups is 3. The highest BCUT2D eigenvalue weighted by Gasteiger charge is 2.29. The van der Waals surface area contributed by atoms with Crippen molar-refractivity contribution in [1.29, 1.82) is 0 Å². The van der Waals surface area contributed by atoms with E-state index in [2.05, 4.69) is 10.6 Å². The summed E-state index contributed by atoms with van der Waals surface area (Å²) in [6.07, 6.45) is 0. The van der Waals surface area contributed by atoms with E-state index in [1.54, 1.807) is 0 Å². The molecule has 2 aliphatic rings. The number of ether oxygens (including phenoxy) is 2. The highest BCUT2D eigenvalue weighted by molar-refractivity contribution is 7.89. The van der Waals surface area contributed by atoms with E-state index in [-0.39, 0.29) is 59.8 Å². The van der Waals surface area contributed by atoms with Crippen LogP contribution in [-0.4, -0.2) is 56.7 Å². The molecule has 11 heteroatoms. The molecule has 2 aromatic carbocycles. The number of sulfonamides is 1. The fraction of sp³-hybridized carbons (Fsp3) is 0.250. The van der Waals surface area contributed by atoms with Crippen molar-refractivity contribution < 1.29 is 32.3 Å². The van der Waals surface area contributed by atoms with Gasteiger partial charge in [0, 0.05) is 30.3 Å². The first-order chi connectivity index (χ1) is 14.8. The molecule has 2 heterocycles. The van der Waals surface area contributed by atoms with Crippen LogP contribution in [0.25, 0.3) is 0 Å². The molecular weight excluding hydrogens is 426 g/mol. The Morgan fingerprint density at radius 2 is 1.87 bits per heavy atom. The lowest BCUT2D eigenvalue weighted by Crippen LogP contribution is -2.49. The average Bonchev–Trinajstić information content (AvgIpc) is 3.20.